The second kappa shape index (κ2) is 9.26. The average Bonchev–Trinajstić information content (AvgIpc) is 3.08. The number of amides is 1. The molecule has 0 radical (unpaired) electrons. The van der Waals surface area contributed by atoms with E-state index in [-0.39, 0.29) is 11.9 Å². The van der Waals surface area contributed by atoms with Crippen molar-refractivity contribution in [1.29, 1.82) is 0 Å². The van der Waals surface area contributed by atoms with Crippen LogP contribution in [0.1, 0.15) is 30.9 Å². The van der Waals surface area contributed by atoms with Gasteiger partial charge in [0.2, 0.25) is 5.91 Å². The summed E-state index contributed by atoms with van der Waals surface area (Å²) in [6.45, 7) is 2.52. The van der Waals surface area contributed by atoms with Gasteiger partial charge in [-0.2, -0.15) is 0 Å². The van der Waals surface area contributed by atoms with Crippen molar-refractivity contribution < 1.29 is 23.7 Å². The number of benzene rings is 2. The molecule has 0 saturated carbocycles. The second-order valence-corrected chi connectivity index (χ2v) is 7.50. The number of methoxy groups -OCH3 is 2. The normalized spacial score (nSPS) is 18.5. The van der Waals surface area contributed by atoms with Crippen molar-refractivity contribution in [3.8, 4) is 23.0 Å². The molecule has 7 heteroatoms. The zero-order valence-electron chi connectivity index (χ0n) is 17.5. The lowest BCUT2D eigenvalue weighted by Gasteiger charge is -2.25. The van der Waals surface area contributed by atoms with E-state index >= 15 is 0 Å². The quantitative estimate of drug-likeness (QED) is 0.781. The van der Waals surface area contributed by atoms with E-state index < -0.39 is 0 Å². The number of carbonyl (C=O) groups excluding carboxylic acids is 1. The van der Waals surface area contributed by atoms with Crippen molar-refractivity contribution in [3.05, 3.63) is 42.0 Å². The smallest absolute Gasteiger partial charge is 0.238 e. The molecule has 0 aromatic heterocycles. The molecule has 1 atom stereocenters. The number of anilines is 1. The number of rotatable bonds is 6. The van der Waals surface area contributed by atoms with Gasteiger partial charge in [0.15, 0.2) is 11.5 Å². The molecule has 2 heterocycles. The topological polar surface area (TPSA) is 69.3 Å². The standard InChI is InChI=1S/C23H28N2O5/c1-27-17-7-9-20(28-2)18(14-17)24-23(26)15-25-10-3-5-19(25)16-6-8-21-22(13-16)30-12-4-11-29-21/h6-9,13-14,19H,3-5,10-12,15H2,1-2H3,(H,24,26)/t19-/m0/s1. The van der Waals surface area contributed by atoms with Crippen molar-refractivity contribution in [2.75, 3.05) is 45.8 Å². The van der Waals surface area contributed by atoms with Crippen LogP contribution >= 0.6 is 0 Å². The third-order valence-corrected chi connectivity index (χ3v) is 5.55. The maximum Gasteiger partial charge on any atom is 0.238 e. The zero-order valence-corrected chi connectivity index (χ0v) is 17.5. The zero-order chi connectivity index (χ0) is 20.9. The summed E-state index contributed by atoms with van der Waals surface area (Å²) in [4.78, 5) is 15.0. The summed E-state index contributed by atoms with van der Waals surface area (Å²) in [6, 6.07) is 11.7. The van der Waals surface area contributed by atoms with E-state index in [1.54, 1.807) is 32.4 Å². The van der Waals surface area contributed by atoms with Crippen molar-refractivity contribution in [1.82, 2.24) is 4.90 Å². The molecular formula is C23H28N2O5. The van der Waals surface area contributed by atoms with Crippen molar-refractivity contribution in [2.24, 2.45) is 0 Å². The number of fused-ring (bicyclic) bond motifs is 1. The molecule has 2 aliphatic rings. The summed E-state index contributed by atoms with van der Waals surface area (Å²) in [5, 5.41) is 2.96. The van der Waals surface area contributed by atoms with Crippen LogP contribution in [0.3, 0.4) is 0 Å². The maximum atomic E-state index is 12.8. The highest BCUT2D eigenvalue weighted by Gasteiger charge is 2.29. The van der Waals surface area contributed by atoms with Gasteiger partial charge >= 0.3 is 0 Å². The van der Waals surface area contributed by atoms with Crippen LogP contribution in [0.4, 0.5) is 5.69 Å². The lowest BCUT2D eigenvalue weighted by Crippen LogP contribution is -2.33. The van der Waals surface area contributed by atoms with Gasteiger partial charge in [-0.05, 0) is 49.2 Å². The van der Waals surface area contributed by atoms with E-state index in [0.29, 0.717) is 36.9 Å². The van der Waals surface area contributed by atoms with E-state index in [0.717, 1.165) is 42.9 Å². The molecule has 0 aliphatic carbocycles. The summed E-state index contributed by atoms with van der Waals surface area (Å²) >= 11 is 0. The fourth-order valence-corrected chi connectivity index (χ4v) is 4.07. The van der Waals surface area contributed by atoms with Crippen LogP contribution in [0.25, 0.3) is 0 Å². The monoisotopic (exact) mass is 412 g/mol. The van der Waals surface area contributed by atoms with Crippen LogP contribution < -0.4 is 24.3 Å². The first kappa shape index (κ1) is 20.3. The highest BCUT2D eigenvalue weighted by atomic mass is 16.5. The number of hydrogen-bond donors (Lipinski definition) is 1. The molecule has 0 unspecified atom stereocenters. The highest BCUT2D eigenvalue weighted by Crippen LogP contribution is 2.38. The van der Waals surface area contributed by atoms with Crippen LogP contribution in [0.15, 0.2) is 36.4 Å². The minimum absolute atomic E-state index is 0.0807. The Labute approximate surface area is 176 Å². The van der Waals surface area contributed by atoms with Gasteiger partial charge in [0.05, 0.1) is 39.7 Å². The minimum atomic E-state index is -0.0807. The third-order valence-electron chi connectivity index (χ3n) is 5.55. The largest absolute Gasteiger partial charge is 0.497 e. The number of hydrogen-bond acceptors (Lipinski definition) is 6. The Bertz CT molecular complexity index is 901. The molecule has 4 rings (SSSR count). The molecule has 2 aromatic rings. The minimum Gasteiger partial charge on any atom is -0.497 e. The van der Waals surface area contributed by atoms with E-state index in [1.807, 2.05) is 6.07 Å². The number of carbonyl (C=O) groups is 1. The average molecular weight is 412 g/mol. The molecule has 2 aromatic carbocycles. The van der Waals surface area contributed by atoms with Crippen LogP contribution in [0.2, 0.25) is 0 Å². The molecule has 1 fully saturated rings. The fraction of sp³-hybridized carbons (Fsp3) is 0.435. The van der Waals surface area contributed by atoms with Gasteiger partial charge in [0.25, 0.3) is 0 Å². The molecule has 30 heavy (non-hydrogen) atoms. The van der Waals surface area contributed by atoms with Gasteiger partial charge in [-0.1, -0.05) is 6.07 Å². The summed E-state index contributed by atoms with van der Waals surface area (Å²) in [5.41, 5.74) is 1.76. The number of ether oxygens (including phenoxy) is 4. The summed E-state index contributed by atoms with van der Waals surface area (Å²) in [6.07, 6.45) is 2.94. The molecule has 0 bridgehead atoms. The first-order valence-corrected chi connectivity index (χ1v) is 10.3. The Morgan fingerprint density at radius 3 is 2.70 bits per heavy atom. The van der Waals surface area contributed by atoms with E-state index in [9.17, 15) is 4.79 Å². The Morgan fingerprint density at radius 2 is 1.90 bits per heavy atom. The Kier molecular flexibility index (Phi) is 6.28. The van der Waals surface area contributed by atoms with E-state index in [2.05, 4.69) is 22.3 Å². The maximum absolute atomic E-state index is 12.8. The number of nitrogens with zero attached hydrogens (tertiary/aromatic N) is 1. The second-order valence-electron chi connectivity index (χ2n) is 7.50. The molecule has 1 N–H and O–H groups in total. The molecule has 7 nitrogen and oxygen atoms in total. The fourth-order valence-electron chi connectivity index (χ4n) is 4.07. The van der Waals surface area contributed by atoms with Crippen LogP contribution in [-0.2, 0) is 4.79 Å². The summed E-state index contributed by atoms with van der Waals surface area (Å²) in [7, 11) is 3.18. The van der Waals surface area contributed by atoms with Crippen LogP contribution in [0, 0.1) is 0 Å². The Hall–Kier alpha value is -2.93. The van der Waals surface area contributed by atoms with Gasteiger partial charge in [-0.3, -0.25) is 9.69 Å². The third kappa shape index (κ3) is 4.46. The molecule has 1 amide bonds. The van der Waals surface area contributed by atoms with Gasteiger partial charge in [-0.15, -0.1) is 0 Å². The molecule has 2 aliphatic heterocycles. The van der Waals surface area contributed by atoms with Gasteiger partial charge in [0, 0.05) is 18.5 Å². The van der Waals surface area contributed by atoms with Crippen molar-refractivity contribution >= 4 is 11.6 Å². The summed E-state index contributed by atoms with van der Waals surface area (Å²) < 4.78 is 22.2. The first-order chi connectivity index (χ1) is 14.7. The molecular weight excluding hydrogens is 384 g/mol. The van der Waals surface area contributed by atoms with Gasteiger partial charge in [-0.25, -0.2) is 0 Å². The molecule has 1 saturated heterocycles. The number of likely N-dealkylation sites (tertiary alicyclic amines) is 1. The first-order valence-electron chi connectivity index (χ1n) is 10.3. The van der Waals surface area contributed by atoms with Crippen LogP contribution in [-0.4, -0.2) is 51.3 Å². The van der Waals surface area contributed by atoms with E-state index in [4.69, 9.17) is 18.9 Å². The van der Waals surface area contributed by atoms with Gasteiger partial charge in [0.1, 0.15) is 11.5 Å². The Balaban J connectivity index is 1.46. The molecule has 160 valence electrons. The highest BCUT2D eigenvalue weighted by molar-refractivity contribution is 5.94. The Morgan fingerprint density at radius 1 is 1.07 bits per heavy atom. The SMILES string of the molecule is COc1ccc(OC)c(NC(=O)CN2CCC[C@H]2c2ccc3c(c2)OCCCO3)c1. The van der Waals surface area contributed by atoms with E-state index in [1.165, 1.54) is 0 Å². The predicted molar refractivity (Wildman–Crippen MR) is 114 cm³/mol. The lowest BCUT2D eigenvalue weighted by molar-refractivity contribution is -0.117. The predicted octanol–water partition coefficient (Wildman–Crippen LogP) is 3.64. The summed E-state index contributed by atoms with van der Waals surface area (Å²) in [5.74, 6) is 2.77. The van der Waals surface area contributed by atoms with Crippen LogP contribution in [0.5, 0.6) is 23.0 Å². The van der Waals surface area contributed by atoms with Gasteiger partial charge < -0.3 is 24.3 Å². The number of nitrogens with one attached hydrogen (secondary N) is 1. The lowest BCUT2D eigenvalue weighted by atomic mass is 10.0. The molecule has 0 spiro atoms. The van der Waals surface area contributed by atoms with Crippen molar-refractivity contribution in [2.45, 2.75) is 25.3 Å². The van der Waals surface area contributed by atoms with Crippen molar-refractivity contribution in [3.63, 3.8) is 0 Å².